The van der Waals surface area contributed by atoms with Crippen LogP contribution < -0.4 is 0 Å². The molecular weight excluding hydrogens is 476 g/mol. The summed E-state index contributed by atoms with van der Waals surface area (Å²) in [4.78, 5) is 26.5. The van der Waals surface area contributed by atoms with Crippen LogP contribution in [-0.2, 0) is 18.9 Å². The molecule has 3 fully saturated rings. The average molecular weight is 513 g/mol. The lowest BCUT2D eigenvalue weighted by atomic mass is 9.49. The molecule has 1 spiro atoms. The molecule has 8 nitrogen and oxygen atoms in total. The third-order valence-electron chi connectivity index (χ3n) is 8.93. The molecule has 5 rings (SSSR count). The second-order valence-corrected chi connectivity index (χ2v) is 11.4. The predicted octanol–water partition coefficient (Wildman–Crippen LogP) is 4.76. The van der Waals surface area contributed by atoms with Gasteiger partial charge in [-0.25, -0.2) is 9.59 Å². The maximum atomic E-state index is 13.4. The zero-order valence-corrected chi connectivity index (χ0v) is 22.0. The molecule has 3 aliphatic rings. The summed E-state index contributed by atoms with van der Waals surface area (Å²) in [6.45, 7) is 9.64. The summed E-state index contributed by atoms with van der Waals surface area (Å²) in [6.07, 6.45) is 0.413. The Labute approximate surface area is 217 Å². The molecule has 1 aromatic heterocycles. The second-order valence-electron chi connectivity index (χ2n) is 11.4. The van der Waals surface area contributed by atoms with Gasteiger partial charge in [-0.3, -0.25) is 0 Å². The molecule has 0 radical (unpaired) electrons. The van der Waals surface area contributed by atoms with E-state index in [1.54, 1.807) is 43.3 Å². The zero-order valence-electron chi connectivity index (χ0n) is 22.0. The van der Waals surface area contributed by atoms with Gasteiger partial charge in [0, 0.05) is 5.92 Å². The van der Waals surface area contributed by atoms with E-state index in [0.29, 0.717) is 18.4 Å². The number of ether oxygens (including phenoxy) is 4. The van der Waals surface area contributed by atoms with Gasteiger partial charge in [0.2, 0.25) is 5.76 Å². The first-order valence-corrected chi connectivity index (χ1v) is 13.0. The van der Waals surface area contributed by atoms with Crippen LogP contribution >= 0.6 is 0 Å². The van der Waals surface area contributed by atoms with Gasteiger partial charge in [-0.15, -0.1) is 0 Å². The molecular formula is C29H36O8. The molecule has 37 heavy (non-hydrogen) atoms. The van der Waals surface area contributed by atoms with E-state index >= 15 is 0 Å². The minimum absolute atomic E-state index is 0.0469. The first-order chi connectivity index (χ1) is 17.5. The molecule has 1 N–H and O–H groups in total. The van der Waals surface area contributed by atoms with Gasteiger partial charge in [-0.05, 0) is 70.2 Å². The maximum Gasteiger partial charge on any atom is 0.374 e. The fourth-order valence-electron chi connectivity index (χ4n) is 7.20. The van der Waals surface area contributed by atoms with E-state index in [1.165, 1.54) is 6.26 Å². The lowest BCUT2D eigenvalue weighted by Crippen LogP contribution is -2.73. The second kappa shape index (κ2) is 9.26. The number of aliphatic hydroxyl groups excluding tert-OH is 1. The number of hydrogen-bond acceptors (Lipinski definition) is 8. The Morgan fingerprint density at radius 1 is 1.00 bits per heavy atom. The summed E-state index contributed by atoms with van der Waals surface area (Å²) >= 11 is 0. The van der Waals surface area contributed by atoms with E-state index in [2.05, 4.69) is 6.92 Å². The zero-order chi connectivity index (χ0) is 26.6. The molecule has 8 heteroatoms. The number of fused-ring (bicyclic) bond motifs is 1. The lowest BCUT2D eigenvalue weighted by molar-refractivity contribution is -0.303. The van der Waals surface area contributed by atoms with Crippen molar-refractivity contribution in [3.8, 4) is 0 Å². The van der Waals surface area contributed by atoms with Crippen LogP contribution in [-0.4, -0.2) is 52.8 Å². The van der Waals surface area contributed by atoms with Crippen LogP contribution in [0.4, 0.5) is 0 Å². The Bertz CT molecular complexity index is 1130. The summed E-state index contributed by atoms with van der Waals surface area (Å²) in [5.41, 5.74) is -2.16. The molecule has 1 aromatic carbocycles. The quantitative estimate of drug-likeness (QED) is 0.437. The minimum Gasteiger partial charge on any atom is -0.457 e. The fraction of sp³-hybridized carbons (Fsp3) is 0.586. The minimum atomic E-state index is -1.04. The molecule has 1 saturated heterocycles. The maximum absolute atomic E-state index is 13.4. The largest absolute Gasteiger partial charge is 0.457 e. The molecule has 0 amide bonds. The van der Waals surface area contributed by atoms with Crippen molar-refractivity contribution in [1.29, 1.82) is 0 Å². The first-order valence-electron chi connectivity index (χ1n) is 13.0. The van der Waals surface area contributed by atoms with Crippen molar-refractivity contribution in [2.75, 3.05) is 0 Å². The van der Waals surface area contributed by atoms with Crippen molar-refractivity contribution in [2.24, 2.45) is 17.3 Å². The highest BCUT2D eigenvalue weighted by Crippen LogP contribution is 2.67. The number of hydrogen-bond donors (Lipinski definition) is 1. The summed E-state index contributed by atoms with van der Waals surface area (Å²) < 4.78 is 30.9. The molecule has 1 aliphatic heterocycles. The number of aliphatic hydroxyl groups is 1. The molecule has 8 unspecified atom stereocenters. The van der Waals surface area contributed by atoms with E-state index in [-0.39, 0.29) is 17.6 Å². The van der Waals surface area contributed by atoms with Crippen LogP contribution in [0.2, 0.25) is 0 Å². The van der Waals surface area contributed by atoms with Gasteiger partial charge in [0.05, 0.1) is 28.9 Å². The summed E-state index contributed by atoms with van der Waals surface area (Å²) in [5.74, 6) is -1.17. The summed E-state index contributed by atoms with van der Waals surface area (Å²) in [5, 5.41) is 10.3. The van der Waals surface area contributed by atoms with E-state index in [0.717, 1.165) is 6.42 Å². The molecule has 8 atom stereocenters. The number of benzene rings is 1. The van der Waals surface area contributed by atoms with E-state index in [9.17, 15) is 14.7 Å². The van der Waals surface area contributed by atoms with Crippen LogP contribution in [0.5, 0.6) is 0 Å². The van der Waals surface area contributed by atoms with Gasteiger partial charge in [-0.1, -0.05) is 32.0 Å². The van der Waals surface area contributed by atoms with Crippen LogP contribution in [0.3, 0.4) is 0 Å². The number of rotatable bonds is 6. The molecule has 2 saturated carbocycles. The Morgan fingerprint density at radius 2 is 1.73 bits per heavy atom. The van der Waals surface area contributed by atoms with Gasteiger partial charge in [0.1, 0.15) is 17.8 Å². The van der Waals surface area contributed by atoms with Crippen molar-refractivity contribution in [3.05, 3.63) is 60.1 Å². The highest BCUT2D eigenvalue weighted by molar-refractivity contribution is 5.89. The van der Waals surface area contributed by atoms with E-state index in [1.807, 2.05) is 26.8 Å². The highest BCUT2D eigenvalue weighted by Gasteiger charge is 2.78. The predicted molar refractivity (Wildman–Crippen MR) is 133 cm³/mol. The number of carbonyl (C=O) groups excluding carboxylic acids is 2. The Hall–Kier alpha value is -2.68. The van der Waals surface area contributed by atoms with E-state index in [4.69, 9.17) is 23.4 Å². The van der Waals surface area contributed by atoms with Crippen LogP contribution in [0.15, 0.2) is 53.1 Å². The van der Waals surface area contributed by atoms with Crippen LogP contribution in [0.1, 0.15) is 74.8 Å². The average Bonchev–Trinajstić information content (AvgIpc) is 3.44. The van der Waals surface area contributed by atoms with Crippen molar-refractivity contribution in [2.45, 2.75) is 89.7 Å². The third kappa shape index (κ3) is 4.01. The molecule has 2 aromatic rings. The topological polar surface area (TPSA) is 104 Å². The smallest absolute Gasteiger partial charge is 0.374 e. The third-order valence-corrected chi connectivity index (χ3v) is 8.93. The highest BCUT2D eigenvalue weighted by atomic mass is 16.6. The molecule has 2 aliphatic carbocycles. The van der Waals surface area contributed by atoms with Gasteiger partial charge in [0.15, 0.2) is 6.29 Å². The number of carbonyl (C=O) groups is 2. The normalized spacial score (nSPS) is 36.9. The SMILES string of the molecule is CC(O)OC1CCC(C)C23OC(C)(C)C(CC(OC(=O)c4ccco4)C12C)C3OC(=O)c1ccccc1. The number of furan rings is 1. The van der Waals surface area contributed by atoms with E-state index < -0.39 is 53.2 Å². The first kappa shape index (κ1) is 25.9. The standard InChI is InChI=1S/C29H36O8/c1-17-13-14-22(34-18(2)30)28(5)23(35-26(32)21-12-9-15-33-21)16-20-24(29(17,28)37-27(20,3)4)36-25(31)19-10-7-6-8-11-19/h6-12,15,17-18,20,22-24,30H,13-14,16H2,1-5H3. The van der Waals surface area contributed by atoms with Gasteiger partial charge >= 0.3 is 11.9 Å². The summed E-state index contributed by atoms with van der Waals surface area (Å²) in [6, 6.07) is 12.1. The molecule has 2 heterocycles. The Kier molecular flexibility index (Phi) is 6.49. The van der Waals surface area contributed by atoms with Gasteiger partial charge in [0.25, 0.3) is 0 Å². The Morgan fingerprint density at radius 3 is 2.38 bits per heavy atom. The monoisotopic (exact) mass is 512 g/mol. The van der Waals surface area contributed by atoms with Crippen molar-refractivity contribution in [1.82, 2.24) is 0 Å². The fourth-order valence-corrected chi connectivity index (χ4v) is 7.20. The van der Waals surface area contributed by atoms with Crippen LogP contribution in [0.25, 0.3) is 0 Å². The summed E-state index contributed by atoms with van der Waals surface area (Å²) in [7, 11) is 0. The van der Waals surface area contributed by atoms with Gasteiger partial charge in [-0.2, -0.15) is 0 Å². The molecule has 200 valence electrons. The molecule has 2 bridgehead atoms. The van der Waals surface area contributed by atoms with Gasteiger partial charge < -0.3 is 28.5 Å². The van der Waals surface area contributed by atoms with Crippen molar-refractivity contribution in [3.63, 3.8) is 0 Å². The van der Waals surface area contributed by atoms with Crippen molar-refractivity contribution >= 4 is 11.9 Å². The number of esters is 2. The van der Waals surface area contributed by atoms with Crippen molar-refractivity contribution < 1.29 is 38.1 Å². The van der Waals surface area contributed by atoms with Crippen LogP contribution in [0, 0.1) is 17.3 Å². The Balaban J connectivity index is 1.60. The lowest BCUT2D eigenvalue weighted by Gasteiger charge is -2.62.